The van der Waals surface area contributed by atoms with Gasteiger partial charge in [0.25, 0.3) is 10.0 Å². The minimum atomic E-state index is -3.58. The molecular weight excluding hydrogens is 573 g/mol. The van der Waals surface area contributed by atoms with Crippen molar-refractivity contribution in [2.75, 3.05) is 24.5 Å². The van der Waals surface area contributed by atoms with Gasteiger partial charge in [-0.2, -0.15) is 8.68 Å². The highest BCUT2D eigenvalue weighted by atomic mass is 32.2. The number of aromatic nitrogens is 2. The largest absolute Gasteiger partial charge is 0.457 e. The number of nitrogens with zero attached hydrogens (tertiary/aromatic N) is 4. The van der Waals surface area contributed by atoms with Gasteiger partial charge in [0, 0.05) is 48.5 Å². The van der Waals surface area contributed by atoms with Crippen LogP contribution >= 0.6 is 22.9 Å². The van der Waals surface area contributed by atoms with E-state index in [1.165, 1.54) is 28.4 Å². The SMILES string of the molecule is Cc1ccc(Oc2ccc(Cc3nsc(N4CCN(S(=O)(=O)c5ccc(-c6ccccc6)s5)C(C)C4)n3)cc2)cc1. The molecule has 0 saturated carbocycles. The normalized spacial score (nSPS) is 16.1. The Morgan fingerprint density at radius 3 is 2.32 bits per heavy atom. The molecule has 3 aromatic carbocycles. The molecule has 1 atom stereocenters. The number of rotatable bonds is 8. The molecule has 1 saturated heterocycles. The van der Waals surface area contributed by atoms with Crippen LogP contribution in [0.5, 0.6) is 11.5 Å². The number of thiophene rings is 1. The maximum absolute atomic E-state index is 13.5. The highest BCUT2D eigenvalue weighted by molar-refractivity contribution is 7.91. The summed E-state index contributed by atoms with van der Waals surface area (Å²) in [5, 5.41) is 0.825. The van der Waals surface area contributed by atoms with Gasteiger partial charge < -0.3 is 9.64 Å². The number of sulfonamides is 1. The molecule has 3 heterocycles. The van der Waals surface area contributed by atoms with Crippen molar-refractivity contribution in [1.29, 1.82) is 0 Å². The molecule has 0 spiro atoms. The van der Waals surface area contributed by atoms with E-state index < -0.39 is 10.0 Å². The third-order valence-corrected chi connectivity index (χ3v) is 11.5. The minimum absolute atomic E-state index is 0.190. The molecule has 0 aliphatic carbocycles. The van der Waals surface area contributed by atoms with E-state index in [-0.39, 0.29) is 6.04 Å². The van der Waals surface area contributed by atoms with Gasteiger partial charge in [-0.3, -0.25) is 0 Å². The Kier molecular flexibility index (Phi) is 7.90. The number of ether oxygens (including phenoxy) is 1. The van der Waals surface area contributed by atoms with Crippen LogP contribution in [0.1, 0.15) is 23.9 Å². The van der Waals surface area contributed by atoms with E-state index >= 15 is 0 Å². The van der Waals surface area contributed by atoms with Crippen molar-refractivity contribution in [3.05, 3.63) is 108 Å². The number of hydrogen-bond donors (Lipinski definition) is 0. The van der Waals surface area contributed by atoms with E-state index in [4.69, 9.17) is 9.72 Å². The summed E-state index contributed by atoms with van der Waals surface area (Å²) in [6, 6.07) is 29.2. The fraction of sp³-hybridized carbons (Fsp3) is 0.226. The summed E-state index contributed by atoms with van der Waals surface area (Å²) in [6.45, 7) is 5.54. The van der Waals surface area contributed by atoms with Gasteiger partial charge >= 0.3 is 0 Å². The molecule has 7 nitrogen and oxygen atoms in total. The third kappa shape index (κ3) is 6.20. The molecule has 2 aromatic heterocycles. The Morgan fingerprint density at radius 2 is 1.61 bits per heavy atom. The molecule has 6 rings (SSSR count). The van der Waals surface area contributed by atoms with Crippen LogP contribution in [0, 0.1) is 6.92 Å². The maximum atomic E-state index is 13.5. The molecule has 210 valence electrons. The first-order valence-corrected chi connectivity index (χ1v) is 16.5. The molecular formula is C31H30N4O3S3. The zero-order chi connectivity index (χ0) is 28.4. The van der Waals surface area contributed by atoms with Gasteiger partial charge in [0.05, 0.1) is 0 Å². The first-order valence-electron chi connectivity index (χ1n) is 13.4. The topological polar surface area (TPSA) is 75.6 Å². The molecule has 0 N–H and O–H groups in total. The number of piperazine rings is 1. The second-order valence-corrected chi connectivity index (χ2v) is 14.1. The van der Waals surface area contributed by atoms with Gasteiger partial charge in [0.2, 0.25) is 5.13 Å². The first-order chi connectivity index (χ1) is 19.8. The lowest BCUT2D eigenvalue weighted by Crippen LogP contribution is -2.53. The molecule has 1 aliphatic heterocycles. The van der Waals surface area contributed by atoms with Crippen molar-refractivity contribution in [3.63, 3.8) is 0 Å². The van der Waals surface area contributed by atoms with Crippen LogP contribution in [0.15, 0.2) is 95.2 Å². The van der Waals surface area contributed by atoms with Crippen molar-refractivity contribution in [2.45, 2.75) is 30.5 Å². The lowest BCUT2D eigenvalue weighted by Gasteiger charge is -2.38. The smallest absolute Gasteiger partial charge is 0.252 e. The summed E-state index contributed by atoms with van der Waals surface area (Å²) < 4.78 is 39.5. The number of aryl methyl sites for hydroxylation is 1. The number of anilines is 1. The average Bonchev–Trinajstić information content (AvgIpc) is 3.67. The van der Waals surface area contributed by atoms with Crippen LogP contribution in [0.25, 0.3) is 10.4 Å². The second-order valence-electron chi connectivity index (χ2n) is 10.1. The van der Waals surface area contributed by atoms with Crippen LogP contribution in [0.3, 0.4) is 0 Å². The van der Waals surface area contributed by atoms with Gasteiger partial charge in [-0.15, -0.1) is 11.3 Å². The van der Waals surface area contributed by atoms with Crippen molar-refractivity contribution in [1.82, 2.24) is 13.7 Å². The van der Waals surface area contributed by atoms with E-state index in [9.17, 15) is 8.42 Å². The van der Waals surface area contributed by atoms with E-state index in [2.05, 4.69) is 16.2 Å². The lowest BCUT2D eigenvalue weighted by molar-refractivity contribution is 0.307. The van der Waals surface area contributed by atoms with Gasteiger partial charge in [0.15, 0.2) is 0 Å². The molecule has 0 amide bonds. The monoisotopic (exact) mass is 602 g/mol. The van der Waals surface area contributed by atoms with Gasteiger partial charge in [-0.1, -0.05) is 60.2 Å². The Morgan fingerprint density at radius 1 is 0.902 bits per heavy atom. The number of hydrogen-bond acceptors (Lipinski definition) is 8. The molecule has 1 fully saturated rings. The zero-order valence-electron chi connectivity index (χ0n) is 22.8. The van der Waals surface area contributed by atoms with Crippen LogP contribution in [0.4, 0.5) is 5.13 Å². The highest BCUT2D eigenvalue weighted by Crippen LogP contribution is 2.34. The lowest BCUT2D eigenvalue weighted by atomic mass is 10.1. The van der Waals surface area contributed by atoms with Crippen LogP contribution in [-0.2, 0) is 16.4 Å². The van der Waals surface area contributed by atoms with Gasteiger partial charge in [-0.05, 0) is 61.4 Å². The predicted molar refractivity (Wildman–Crippen MR) is 166 cm³/mol. The van der Waals surface area contributed by atoms with Gasteiger partial charge in [-0.25, -0.2) is 13.4 Å². The third-order valence-electron chi connectivity index (χ3n) is 7.04. The van der Waals surface area contributed by atoms with E-state index in [0.29, 0.717) is 30.3 Å². The van der Waals surface area contributed by atoms with Crippen molar-refractivity contribution in [2.24, 2.45) is 0 Å². The molecule has 0 radical (unpaired) electrons. The fourth-order valence-corrected chi connectivity index (χ4v) is 8.62. The second kappa shape index (κ2) is 11.7. The average molecular weight is 603 g/mol. The summed E-state index contributed by atoms with van der Waals surface area (Å²) in [6.07, 6.45) is 0.618. The summed E-state index contributed by atoms with van der Waals surface area (Å²) in [5.74, 6) is 2.35. The standard InChI is InChI=1S/C31H30N4O3S3/c1-22-8-12-26(13-9-22)38-27-14-10-24(11-15-27)20-29-32-31(40-33-29)34-18-19-35(23(2)21-34)41(36,37)30-17-16-28(39-30)25-6-4-3-5-7-25/h3-17,23H,18-21H2,1-2H3. The summed E-state index contributed by atoms with van der Waals surface area (Å²) in [7, 11) is -3.58. The van der Waals surface area contributed by atoms with Crippen molar-refractivity contribution < 1.29 is 13.2 Å². The van der Waals surface area contributed by atoms with Crippen molar-refractivity contribution >= 4 is 38.0 Å². The first kappa shape index (κ1) is 27.6. The Bertz CT molecular complexity index is 1720. The molecule has 10 heteroatoms. The summed E-state index contributed by atoms with van der Waals surface area (Å²) in [4.78, 5) is 7.87. The minimum Gasteiger partial charge on any atom is -0.457 e. The molecule has 1 unspecified atom stereocenters. The van der Waals surface area contributed by atoms with Crippen LogP contribution in [-0.4, -0.2) is 47.8 Å². The van der Waals surface area contributed by atoms with Crippen molar-refractivity contribution in [3.8, 4) is 21.9 Å². The molecule has 1 aliphatic rings. The summed E-state index contributed by atoms with van der Waals surface area (Å²) >= 11 is 2.68. The van der Waals surface area contributed by atoms with E-state index in [1.54, 1.807) is 10.4 Å². The number of benzene rings is 3. The Labute approximate surface area is 248 Å². The van der Waals surface area contributed by atoms with Crippen LogP contribution < -0.4 is 9.64 Å². The maximum Gasteiger partial charge on any atom is 0.252 e. The molecule has 41 heavy (non-hydrogen) atoms. The van der Waals surface area contributed by atoms with E-state index in [0.717, 1.165) is 38.5 Å². The summed E-state index contributed by atoms with van der Waals surface area (Å²) in [5.41, 5.74) is 3.32. The zero-order valence-corrected chi connectivity index (χ0v) is 25.3. The molecule has 5 aromatic rings. The van der Waals surface area contributed by atoms with E-state index in [1.807, 2.05) is 91.9 Å². The molecule has 0 bridgehead atoms. The Balaban J connectivity index is 1.07. The Hall–Kier alpha value is -3.57. The predicted octanol–water partition coefficient (Wildman–Crippen LogP) is 6.86. The quantitative estimate of drug-likeness (QED) is 0.193. The van der Waals surface area contributed by atoms with Gasteiger partial charge in [0.1, 0.15) is 21.5 Å². The fourth-order valence-electron chi connectivity index (χ4n) is 4.85. The van der Waals surface area contributed by atoms with Crippen LogP contribution in [0.2, 0.25) is 0 Å². The highest BCUT2D eigenvalue weighted by Gasteiger charge is 2.35.